The number of aliphatic carboxylic acids is 2. The molecular weight excluding hydrogens is 376 g/mol. The van der Waals surface area contributed by atoms with Gasteiger partial charge >= 0.3 is 0 Å². The quantitative estimate of drug-likeness (QED) is 0.231. The Balaban J connectivity index is 5.11. The standard InChI is InChI=1S/C26H50O4/c1-5-9-16-22(7-3)20-26(25(29)30,21-23(8-4)17-10-6-2)19-15-13-11-12-14-18-24(27)28/h22-23H,5-21H2,1-4H3,(H,27,28)(H,29,30)/p-2. The predicted octanol–water partition coefficient (Wildman–Crippen LogP) is 5.42. The van der Waals surface area contributed by atoms with Crippen molar-refractivity contribution in [3.63, 3.8) is 0 Å². The lowest BCUT2D eigenvalue weighted by Crippen LogP contribution is -2.45. The van der Waals surface area contributed by atoms with Crippen LogP contribution < -0.4 is 10.2 Å². The van der Waals surface area contributed by atoms with E-state index in [1.54, 1.807) is 0 Å². The molecule has 0 aliphatic heterocycles. The molecule has 4 heteroatoms. The Kier molecular flexibility index (Phi) is 17.0. The van der Waals surface area contributed by atoms with Crippen molar-refractivity contribution in [1.29, 1.82) is 0 Å². The minimum absolute atomic E-state index is 0.119. The molecule has 2 atom stereocenters. The molecule has 0 heterocycles. The molecule has 0 aromatic heterocycles. The molecule has 0 aromatic rings. The van der Waals surface area contributed by atoms with Gasteiger partial charge in [-0.3, -0.25) is 0 Å². The summed E-state index contributed by atoms with van der Waals surface area (Å²) < 4.78 is 0. The molecule has 0 saturated carbocycles. The van der Waals surface area contributed by atoms with Gasteiger partial charge < -0.3 is 19.8 Å². The number of hydrogen-bond acceptors (Lipinski definition) is 4. The summed E-state index contributed by atoms with van der Waals surface area (Å²) >= 11 is 0. The summed E-state index contributed by atoms with van der Waals surface area (Å²) in [5.41, 5.74) is -0.714. The molecule has 0 bridgehead atoms. The second-order valence-electron chi connectivity index (χ2n) is 9.45. The third-order valence-electron chi connectivity index (χ3n) is 6.91. The number of unbranched alkanes of at least 4 members (excludes halogenated alkanes) is 6. The fourth-order valence-corrected chi connectivity index (χ4v) is 4.81. The third kappa shape index (κ3) is 12.6. The predicted molar refractivity (Wildman–Crippen MR) is 121 cm³/mol. The number of carboxylic acid groups (broad SMARTS) is 2. The van der Waals surface area contributed by atoms with Crippen molar-refractivity contribution in [3.05, 3.63) is 0 Å². The SMILES string of the molecule is CCCCC(CC)CC(CCCCCCCC(=O)[O-])(CC(CC)CCCC)C(=O)[O-]. The number of carbonyl (C=O) groups excluding carboxylic acids is 2. The lowest BCUT2D eigenvalue weighted by molar-refractivity contribution is -0.322. The Bertz CT molecular complexity index is 428. The Labute approximate surface area is 186 Å². The van der Waals surface area contributed by atoms with Gasteiger partial charge in [-0.1, -0.05) is 105 Å². The van der Waals surface area contributed by atoms with E-state index >= 15 is 0 Å². The minimum Gasteiger partial charge on any atom is -0.550 e. The topological polar surface area (TPSA) is 80.3 Å². The van der Waals surface area contributed by atoms with Crippen LogP contribution in [-0.4, -0.2) is 11.9 Å². The minimum atomic E-state index is -0.985. The van der Waals surface area contributed by atoms with Gasteiger partial charge in [0.05, 0.1) is 0 Å². The third-order valence-corrected chi connectivity index (χ3v) is 6.91. The summed E-state index contributed by atoms with van der Waals surface area (Å²) in [5.74, 6) is -0.921. The van der Waals surface area contributed by atoms with Crippen molar-refractivity contribution in [3.8, 4) is 0 Å². The van der Waals surface area contributed by atoms with Crippen molar-refractivity contribution in [2.75, 3.05) is 0 Å². The summed E-state index contributed by atoms with van der Waals surface area (Å²) in [4.78, 5) is 23.1. The smallest absolute Gasteiger partial charge is 0.0476 e. The molecule has 0 aliphatic carbocycles. The van der Waals surface area contributed by atoms with E-state index in [2.05, 4.69) is 27.7 Å². The van der Waals surface area contributed by atoms with E-state index in [1.807, 2.05) is 0 Å². The first-order chi connectivity index (χ1) is 14.3. The zero-order valence-electron chi connectivity index (χ0n) is 20.3. The van der Waals surface area contributed by atoms with Gasteiger partial charge in [0.25, 0.3) is 0 Å². The highest BCUT2D eigenvalue weighted by Gasteiger charge is 2.35. The van der Waals surface area contributed by atoms with Crippen LogP contribution in [0.25, 0.3) is 0 Å². The molecule has 0 radical (unpaired) electrons. The first-order valence-electron chi connectivity index (χ1n) is 12.8. The van der Waals surface area contributed by atoms with E-state index in [9.17, 15) is 19.8 Å². The number of carbonyl (C=O) groups is 2. The fourth-order valence-electron chi connectivity index (χ4n) is 4.81. The van der Waals surface area contributed by atoms with E-state index in [4.69, 9.17) is 0 Å². The summed E-state index contributed by atoms with van der Waals surface area (Å²) in [6.45, 7) is 8.76. The van der Waals surface area contributed by atoms with Gasteiger partial charge in [-0.05, 0) is 43.9 Å². The highest BCUT2D eigenvalue weighted by molar-refractivity contribution is 5.72. The Hall–Kier alpha value is -1.06. The fraction of sp³-hybridized carbons (Fsp3) is 0.923. The van der Waals surface area contributed by atoms with Crippen molar-refractivity contribution in [2.45, 2.75) is 137 Å². The summed E-state index contributed by atoms with van der Waals surface area (Å²) in [6, 6.07) is 0. The van der Waals surface area contributed by atoms with E-state index in [1.165, 1.54) is 0 Å². The number of carboxylic acids is 2. The van der Waals surface area contributed by atoms with Gasteiger partial charge in [-0.15, -0.1) is 0 Å². The highest BCUT2D eigenvalue weighted by atomic mass is 16.4. The summed E-state index contributed by atoms with van der Waals surface area (Å²) in [7, 11) is 0. The average molecular weight is 425 g/mol. The largest absolute Gasteiger partial charge is 0.550 e. The first kappa shape index (κ1) is 28.9. The molecule has 0 aliphatic rings. The summed E-state index contributed by atoms with van der Waals surface area (Å²) in [5, 5.41) is 23.1. The van der Waals surface area contributed by atoms with Gasteiger partial charge in [0.15, 0.2) is 0 Å². The van der Waals surface area contributed by atoms with Crippen molar-refractivity contribution < 1.29 is 19.8 Å². The Morgan fingerprint density at radius 1 is 0.700 bits per heavy atom. The zero-order chi connectivity index (χ0) is 22.8. The van der Waals surface area contributed by atoms with E-state index in [0.717, 1.165) is 89.9 Å². The van der Waals surface area contributed by atoms with Crippen LogP contribution >= 0.6 is 0 Å². The van der Waals surface area contributed by atoms with Crippen molar-refractivity contribution >= 4 is 11.9 Å². The molecule has 30 heavy (non-hydrogen) atoms. The average Bonchev–Trinajstić information content (AvgIpc) is 2.72. The zero-order valence-corrected chi connectivity index (χ0v) is 20.3. The van der Waals surface area contributed by atoms with Gasteiger partial charge in [0, 0.05) is 17.4 Å². The molecular formula is C26H48O4-2. The maximum absolute atomic E-state index is 12.5. The summed E-state index contributed by atoms with van der Waals surface area (Å²) in [6.07, 6.45) is 15.5. The van der Waals surface area contributed by atoms with E-state index < -0.39 is 17.4 Å². The van der Waals surface area contributed by atoms with Crippen LogP contribution in [0.15, 0.2) is 0 Å². The maximum Gasteiger partial charge on any atom is 0.0476 e. The molecule has 0 aromatic carbocycles. The van der Waals surface area contributed by atoms with Gasteiger partial charge in [0.2, 0.25) is 0 Å². The molecule has 0 saturated heterocycles. The molecule has 0 rings (SSSR count). The van der Waals surface area contributed by atoms with Crippen LogP contribution in [0.5, 0.6) is 0 Å². The molecule has 4 nitrogen and oxygen atoms in total. The van der Waals surface area contributed by atoms with Crippen LogP contribution in [0.1, 0.15) is 137 Å². The Morgan fingerprint density at radius 2 is 1.17 bits per heavy atom. The Morgan fingerprint density at radius 3 is 1.57 bits per heavy atom. The number of hydrogen-bond donors (Lipinski definition) is 0. The first-order valence-corrected chi connectivity index (χ1v) is 12.8. The van der Waals surface area contributed by atoms with Crippen molar-refractivity contribution in [1.82, 2.24) is 0 Å². The second kappa shape index (κ2) is 17.6. The van der Waals surface area contributed by atoms with Gasteiger partial charge in [-0.2, -0.15) is 0 Å². The van der Waals surface area contributed by atoms with Crippen LogP contribution in [0.4, 0.5) is 0 Å². The lowest BCUT2D eigenvalue weighted by Gasteiger charge is -2.40. The molecule has 0 amide bonds. The molecule has 0 fully saturated rings. The highest BCUT2D eigenvalue weighted by Crippen LogP contribution is 2.42. The van der Waals surface area contributed by atoms with Crippen molar-refractivity contribution in [2.24, 2.45) is 17.3 Å². The van der Waals surface area contributed by atoms with Crippen LogP contribution in [0, 0.1) is 17.3 Å². The molecule has 178 valence electrons. The second-order valence-corrected chi connectivity index (χ2v) is 9.45. The molecule has 0 spiro atoms. The normalized spacial score (nSPS) is 15.5. The lowest BCUT2D eigenvalue weighted by atomic mass is 9.67. The molecule has 2 unspecified atom stereocenters. The van der Waals surface area contributed by atoms with Gasteiger partial charge in [0.1, 0.15) is 0 Å². The molecule has 0 N–H and O–H groups in total. The van der Waals surface area contributed by atoms with E-state index in [-0.39, 0.29) is 6.42 Å². The van der Waals surface area contributed by atoms with E-state index in [0.29, 0.717) is 24.7 Å². The van der Waals surface area contributed by atoms with Crippen LogP contribution in [-0.2, 0) is 9.59 Å². The van der Waals surface area contributed by atoms with Crippen LogP contribution in [0.3, 0.4) is 0 Å². The maximum atomic E-state index is 12.5. The monoisotopic (exact) mass is 424 g/mol. The van der Waals surface area contributed by atoms with Gasteiger partial charge in [-0.25, -0.2) is 0 Å². The van der Waals surface area contributed by atoms with Crippen LogP contribution in [0.2, 0.25) is 0 Å². The number of rotatable bonds is 21.